The van der Waals surface area contributed by atoms with Crippen molar-refractivity contribution < 1.29 is 0 Å². The Morgan fingerprint density at radius 3 is 2.15 bits per heavy atom. The van der Waals surface area contributed by atoms with Crippen molar-refractivity contribution in [2.45, 2.75) is 39.7 Å². The molecule has 0 fully saturated rings. The number of rotatable bonds is 6. The molecule has 1 heteroatoms. The summed E-state index contributed by atoms with van der Waals surface area (Å²) in [5.41, 5.74) is 5.58. The third-order valence-electron chi connectivity index (χ3n) is 3.88. The van der Waals surface area contributed by atoms with Crippen molar-refractivity contribution in [3.8, 4) is 0 Å². The highest BCUT2D eigenvalue weighted by molar-refractivity contribution is 5.38. The van der Waals surface area contributed by atoms with Gasteiger partial charge in [-0.3, -0.25) is 0 Å². The molecule has 0 bridgehead atoms. The van der Waals surface area contributed by atoms with E-state index in [1.807, 2.05) is 0 Å². The van der Waals surface area contributed by atoms with Gasteiger partial charge in [0.25, 0.3) is 0 Å². The molecule has 2 rings (SSSR count). The van der Waals surface area contributed by atoms with Crippen molar-refractivity contribution >= 4 is 0 Å². The van der Waals surface area contributed by atoms with Gasteiger partial charge in [0, 0.05) is 0 Å². The average Bonchev–Trinajstić information content (AvgIpc) is 2.53. The van der Waals surface area contributed by atoms with Crippen LogP contribution in [0.4, 0.5) is 0 Å². The van der Waals surface area contributed by atoms with Gasteiger partial charge in [-0.2, -0.15) is 0 Å². The molecule has 0 spiro atoms. The molecular formula is C19H25N. The number of nitrogens with one attached hydrogen (secondary N) is 1. The van der Waals surface area contributed by atoms with Crippen LogP contribution in [-0.4, -0.2) is 6.54 Å². The van der Waals surface area contributed by atoms with E-state index in [0.717, 1.165) is 19.4 Å². The van der Waals surface area contributed by atoms with E-state index in [1.54, 1.807) is 0 Å². The van der Waals surface area contributed by atoms with Gasteiger partial charge in [0.15, 0.2) is 0 Å². The minimum Gasteiger partial charge on any atom is -0.307 e. The quantitative estimate of drug-likeness (QED) is 0.812. The number of hydrogen-bond acceptors (Lipinski definition) is 1. The summed E-state index contributed by atoms with van der Waals surface area (Å²) in [5.74, 6) is 0. The van der Waals surface area contributed by atoms with Gasteiger partial charge in [0.2, 0.25) is 0 Å². The lowest BCUT2D eigenvalue weighted by Crippen LogP contribution is -2.23. The predicted molar refractivity (Wildman–Crippen MR) is 87.2 cm³/mol. The van der Waals surface area contributed by atoms with Crippen molar-refractivity contribution in [2.75, 3.05) is 6.54 Å². The standard InChI is InChI=1S/C19H25N/c1-4-15-11-13-17(14-12-15)19(20-6-3)18-10-8-7-9-16(18)5-2/h7-14,19-20H,4-6H2,1-3H3. The molecule has 0 saturated carbocycles. The van der Waals surface area contributed by atoms with Crippen molar-refractivity contribution in [3.63, 3.8) is 0 Å². The molecule has 0 aliphatic heterocycles. The maximum absolute atomic E-state index is 3.63. The second-order valence-electron chi connectivity index (χ2n) is 5.14. The van der Waals surface area contributed by atoms with E-state index in [9.17, 15) is 0 Å². The van der Waals surface area contributed by atoms with Crippen molar-refractivity contribution in [1.82, 2.24) is 5.32 Å². The molecule has 0 saturated heterocycles. The van der Waals surface area contributed by atoms with Crippen molar-refractivity contribution in [1.29, 1.82) is 0 Å². The Bertz CT molecular complexity index is 528. The molecule has 20 heavy (non-hydrogen) atoms. The van der Waals surface area contributed by atoms with Crippen LogP contribution in [0.25, 0.3) is 0 Å². The van der Waals surface area contributed by atoms with Crippen LogP contribution in [0.5, 0.6) is 0 Å². The maximum Gasteiger partial charge on any atom is 0.0579 e. The Balaban J connectivity index is 2.39. The molecule has 2 aromatic rings. The van der Waals surface area contributed by atoms with Gasteiger partial charge in [-0.15, -0.1) is 0 Å². The molecule has 0 aliphatic rings. The van der Waals surface area contributed by atoms with Crippen LogP contribution < -0.4 is 5.32 Å². The Labute approximate surface area is 123 Å². The van der Waals surface area contributed by atoms with Gasteiger partial charge in [0.05, 0.1) is 6.04 Å². The van der Waals surface area contributed by atoms with E-state index in [0.29, 0.717) is 6.04 Å². The maximum atomic E-state index is 3.63. The van der Waals surface area contributed by atoms with Gasteiger partial charge in [0.1, 0.15) is 0 Å². The van der Waals surface area contributed by atoms with Crippen LogP contribution in [0, 0.1) is 0 Å². The second-order valence-corrected chi connectivity index (χ2v) is 5.14. The average molecular weight is 267 g/mol. The molecule has 0 heterocycles. The van der Waals surface area contributed by atoms with Gasteiger partial charge >= 0.3 is 0 Å². The van der Waals surface area contributed by atoms with Crippen LogP contribution in [0.15, 0.2) is 48.5 Å². The molecule has 1 unspecified atom stereocenters. The van der Waals surface area contributed by atoms with Gasteiger partial charge in [-0.1, -0.05) is 69.3 Å². The minimum atomic E-state index is 0.294. The largest absolute Gasteiger partial charge is 0.307 e. The van der Waals surface area contributed by atoms with E-state index in [-0.39, 0.29) is 0 Å². The van der Waals surface area contributed by atoms with Gasteiger partial charge in [-0.25, -0.2) is 0 Å². The van der Waals surface area contributed by atoms with Crippen LogP contribution in [0.3, 0.4) is 0 Å². The van der Waals surface area contributed by atoms with Crippen LogP contribution >= 0.6 is 0 Å². The predicted octanol–water partition coefficient (Wildman–Crippen LogP) is 4.51. The first kappa shape index (κ1) is 14.8. The molecule has 2 aromatic carbocycles. The Morgan fingerprint density at radius 2 is 1.55 bits per heavy atom. The van der Waals surface area contributed by atoms with Crippen molar-refractivity contribution in [3.05, 3.63) is 70.8 Å². The van der Waals surface area contributed by atoms with E-state index >= 15 is 0 Å². The number of benzene rings is 2. The van der Waals surface area contributed by atoms with E-state index in [2.05, 4.69) is 74.6 Å². The zero-order valence-corrected chi connectivity index (χ0v) is 12.8. The lowest BCUT2D eigenvalue weighted by atomic mass is 9.92. The van der Waals surface area contributed by atoms with Crippen LogP contribution in [0.1, 0.15) is 49.1 Å². The first-order valence-corrected chi connectivity index (χ1v) is 7.70. The Morgan fingerprint density at radius 1 is 0.850 bits per heavy atom. The van der Waals surface area contributed by atoms with E-state index in [4.69, 9.17) is 0 Å². The van der Waals surface area contributed by atoms with Gasteiger partial charge < -0.3 is 5.32 Å². The third-order valence-corrected chi connectivity index (χ3v) is 3.88. The van der Waals surface area contributed by atoms with E-state index in [1.165, 1.54) is 22.3 Å². The zero-order chi connectivity index (χ0) is 14.4. The fourth-order valence-electron chi connectivity index (χ4n) is 2.70. The summed E-state index contributed by atoms with van der Waals surface area (Å²) in [6.45, 7) is 7.56. The minimum absolute atomic E-state index is 0.294. The SMILES string of the molecule is CCNC(c1ccc(CC)cc1)c1ccccc1CC. The number of aryl methyl sites for hydroxylation is 2. The normalized spacial score (nSPS) is 12.3. The fourth-order valence-corrected chi connectivity index (χ4v) is 2.70. The summed E-state index contributed by atoms with van der Waals surface area (Å²) in [7, 11) is 0. The van der Waals surface area contributed by atoms with Crippen LogP contribution in [-0.2, 0) is 12.8 Å². The smallest absolute Gasteiger partial charge is 0.0579 e. The summed E-state index contributed by atoms with van der Waals surface area (Å²) in [6.07, 6.45) is 2.17. The van der Waals surface area contributed by atoms with Crippen LogP contribution in [0.2, 0.25) is 0 Å². The molecule has 0 amide bonds. The summed E-state index contributed by atoms with van der Waals surface area (Å²) in [4.78, 5) is 0. The second kappa shape index (κ2) is 7.25. The van der Waals surface area contributed by atoms with E-state index < -0.39 is 0 Å². The molecule has 0 radical (unpaired) electrons. The first-order valence-electron chi connectivity index (χ1n) is 7.70. The summed E-state index contributed by atoms with van der Waals surface area (Å²) >= 11 is 0. The molecule has 106 valence electrons. The summed E-state index contributed by atoms with van der Waals surface area (Å²) in [5, 5.41) is 3.63. The first-order chi connectivity index (χ1) is 9.80. The van der Waals surface area contributed by atoms with Crippen molar-refractivity contribution in [2.24, 2.45) is 0 Å². The topological polar surface area (TPSA) is 12.0 Å². The lowest BCUT2D eigenvalue weighted by Gasteiger charge is -2.22. The molecule has 1 nitrogen and oxygen atoms in total. The highest BCUT2D eigenvalue weighted by Gasteiger charge is 2.15. The van der Waals surface area contributed by atoms with Gasteiger partial charge in [-0.05, 0) is 41.6 Å². The summed E-state index contributed by atoms with van der Waals surface area (Å²) < 4.78 is 0. The lowest BCUT2D eigenvalue weighted by molar-refractivity contribution is 0.625. The number of hydrogen-bond donors (Lipinski definition) is 1. The Kier molecular flexibility index (Phi) is 5.37. The molecule has 1 atom stereocenters. The fraction of sp³-hybridized carbons (Fsp3) is 0.368. The highest BCUT2D eigenvalue weighted by Crippen LogP contribution is 2.26. The zero-order valence-electron chi connectivity index (χ0n) is 12.8. The third kappa shape index (κ3) is 3.29. The molecule has 0 aliphatic carbocycles. The molecular weight excluding hydrogens is 242 g/mol. The molecule has 1 N–H and O–H groups in total. The Hall–Kier alpha value is -1.60. The monoisotopic (exact) mass is 267 g/mol. The molecule has 0 aromatic heterocycles. The summed E-state index contributed by atoms with van der Waals surface area (Å²) in [6, 6.07) is 18.1. The highest BCUT2D eigenvalue weighted by atomic mass is 14.9.